The van der Waals surface area contributed by atoms with Gasteiger partial charge in [-0.1, -0.05) is 48.0 Å². The largest absolute Gasteiger partial charge is 0.378 e. The highest BCUT2D eigenvalue weighted by atomic mass is 35.5. The van der Waals surface area contributed by atoms with Crippen LogP contribution in [0.3, 0.4) is 0 Å². The summed E-state index contributed by atoms with van der Waals surface area (Å²) < 4.78 is 0. The van der Waals surface area contributed by atoms with Crippen molar-refractivity contribution < 1.29 is 0 Å². The molecule has 1 nitrogen and oxygen atoms in total. The first-order valence-electron chi connectivity index (χ1n) is 7.10. The first kappa shape index (κ1) is 13.3. The van der Waals surface area contributed by atoms with Gasteiger partial charge in [0.15, 0.2) is 0 Å². The summed E-state index contributed by atoms with van der Waals surface area (Å²) >= 11 is 5.94. The third kappa shape index (κ3) is 3.05. The summed E-state index contributed by atoms with van der Waals surface area (Å²) in [4.78, 5) is 0. The van der Waals surface area contributed by atoms with E-state index < -0.39 is 0 Å². The van der Waals surface area contributed by atoms with E-state index in [1.54, 1.807) is 0 Å². The van der Waals surface area contributed by atoms with Crippen molar-refractivity contribution in [1.82, 2.24) is 0 Å². The summed E-state index contributed by atoms with van der Waals surface area (Å²) in [5.41, 5.74) is 3.86. The smallest absolute Gasteiger partial charge is 0.0516 e. The molecule has 1 aliphatic rings. The fraction of sp³-hybridized carbons (Fsp3) is 0.222. The van der Waals surface area contributed by atoms with Gasteiger partial charge in [-0.15, -0.1) is 0 Å². The Bertz CT molecular complexity index is 587. The monoisotopic (exact) mass is 283 g/mol. The molecule has 1 N–H and O–H groups in total. The summed E-state index contributed by atoms with van der Waals surface area (Å²) in [5.74, 6) is 0. The van der Waals surface area contributed by atoms with Gasteiger partial charge in [-0.3, -0.25) is 0 Å². The molecule has 0 heterocycles. The summed E-state index contributed by atoms with van der Waals surface area (Å²) in [6, 6.07) is 19.0. The molecule has 0 amide bonds. The fourth-order valence-electron chi connectivity index (χ4n) is 2.72. The Balaban J connectivity index is 1.82. The molecule has 0 fully saturated rings. The molecule has 0 aliphatic heterocycles. The van der Waals surface area contributed by atoms with Crippen molar-refractivity contribution in [3.8, 4) is 0 Å². The van der Waals surface area contributed by atoms with Crippen molar-refractivity contribution in [2.45, 2.75) is 25.3 Å². The maximum absolute atomic E-state index is 5.94. The van der Waals surface area contributed by atoms with Crippen LogP contribution >= 0.6 is 11.6 Å². The molecule has 0 radical (unpaired) electrons. The van der Waals surface area contributed by atoms with Gasteiger partial charge in [-0.25, -0.2) is 0 Å². The zero-order valence-electron chi connectivity index (χ0n) is 11.4. The highest BCUT2D eigenvalue weighted by Gasteiger charge is 2.18. The number of hydrogen-bond acceptors (Lipinski definition) is 1. The lowest BCUT2D eigenvalue weighted by Crippen LogP contribution is -2.23. The fourth-order valence-corrected chi connectivity index (χ4v) is 2.85. The molecule has 2 aromatic carbocycles. The van der Waals surface area contributed by atoms with Crippen molar-refractivity contribution in [2.24, 2.45) is 0 Å². The third-order valence-electron chi connectivity index (χ3n) is 3.73. The second-order valence-corrected chi connectivity index (χ2v) is 5.60. The standard InChI is InChI=1S/C18H18ClN/c19-15-10-12-16(13-11-15)20-18-9-5-4-8-17(18)14-6-2-1-3-7-14/h1-3,6-8,10-13,18,20H,4-5,9H2/t18-/m0/s1. The van der Waals surface area contributed by atoms with Gasteiger partial charge >= 0.3 is 0 Å². The molecule has 0 unspecified atom stereocenters. The van der Waals surface area contributed by atoms with Gasteiger partial charge in [0.1, 0.15) is 0 Å². The molecular weight excluding hydrogens is 266 g/mol. The molecule has 1 atom stereocenters. The van der Waals surface area contributed by atoms with Crippen LogP contribution in [-0.2, 0) is 0 Å². The summed E-state index contributed by atoms with van der Waals surface area (Å²) in [7, 11) is 0. The molecule has 102 valence electrons. The van der Waals surface area contributed by atoms with Crippen molar-refractivity contribution in [3.05, 3.63) is 71.3 Å². The van der Waals surface area contributed by atoms with Gasteiger partial charge in [-0.05, 0) is 54.7 Å². The summed E-state index contributed by atoms with van der Waals surface area (Å²) in [6.45, 7) is 0. The zero-order valence-corrected chi connectivity index (χ0v) is 12.1. The van der Waals surface area contributed by atoms with E-state index >= 15 is 0 Å². The number of benzene rings is 2. The van der Waals surface area contributed by atoms with Crippen LogP contribution in [0, 0.1) is 0 Å². The number of anilines is 1. The van der Waals surface area contributed by atoms with Gasteiger partial charge in [0.05, 0.1) is 6.04 Å². The van der Waals surface area contributed by atoms with E-state index in [2.05, 4.69) is 41.7 Å². The maximum atomic E-state index is 5.94. The number of rotatable bonds is 3. The van der Waals surface area contributed by atoms with E-state index in [0.717, 1.165) is 10.7 Å². The summed E-state index contributed by atoms with van der Waals surface area (Å²) in [6.07, 6.45) is 5.94. The first-order valence-corrected chi connectivity index (χ1v) is 7.48. The Kier molecular flexibility index (Phi) is 4.08. The Morgan fingerprint density at radius 3 is 2.45 bits per heavy atom. The van der Waals surface area contributed by atoms with E-state index in [9.17, 15) is 0 Å². The topological polar surface area (TPSA) is 12.0 Å². The Hall–Kier alpha value is -1.73. The van der Waals surface area contributed by atoms with Crippen molar-refractivity contribution >= 4 is 22.9 Å². The lowest BCUT2D eigenvalue weighted by Gasteiger charge is -2.26. The van der Waals surface area contributed by atoms with Crippen LogP contribution in [0.4, 0.5) is 5.69 Å². The Labute approximate surface area is 125 Å². The van der Waals surface area contributed by atoms with E-state index in [4.69, 9.17) is 11.6 Å². The second kappa shape index (κ2) is 6.15. The molecule has 2 aromatic rings. The van der Waals surface area contributed by atoms with Crippen LogP contribution in [0.2, 0.25) is 5.02 Å². The SMILES string of the molecule is Clc1ccc(N[C@H]2CCCC=C2c2ccccc2)cc1. The molecule has 0 spiro atoms. The quantitative estimate of drug-likeness (QED) is 0.796. The van der Waals surface area contributed by atoms with Crippen LogP contribution in [0.1, 0.15) is 24.8 Å². The minimum absolute atomic E-state index is 0.382. The minimum Gasteiger partial charge on any atom is -0.378 e. The van der Waals surface area contributed by atoms with E-state index in [-0.39, 0.29) is 0 Å². The lowest BCUT2D eigenvalue weighted by atomic mass is 9.89. The highest BCUT2D eigenvalue weighted by molar-refractivity contribution is 6.30. The Morgan fingerprint density at radius 2 is 1.70 bits per heavy atom. The molecule has 0 saturated heterocycles. The van der Waals surface area contributed by atoms with Crippen molar-refractivity contribution in [3.63, 3.8) is 0 Å². The predicted molar refractivity (Wildman–Crippen MR) is 87.1 cm³/mol. The first-order chi connectivity index (χ1) is 9.83. The molecular formula is C18H18ClN. The number of allylic oxidation sites excluding steroid dienone is 1. The van der Waals surface area contributed by atoms with Gasteiger partial charge in [0.2, 0.25) is 0 Å². The average Bonchev–Trinajstić information content (AvgIpc) is 2.51. The lowest BCUT2D eigenvalue weighted by molar-refractivity contribution is 0.687. The number of hydrogen-bond donors (Lipinski definition) is 1. The van der Waals surface area contributed by atoms with Crippen LogP contribution in [0.25, 0.3) is 5.57 Å². The second-order valence-electron chi connectivity index (χ2n) is 5.16. The van der Waals surface area contributed by atoms with Gasteiger partial charge in [0.25, 0.3) is 0 Å². The zero-order chi connectivity index (χ0) is 13.8. The molecule has 0 saturated carbocycles. The van der Waals surface area contributed by atoms with Crippen molar-refractivity contribution in [1.29, 1.82) is 0 Å². The molecule has 0 aromatic heterocycles. The molecule has 1 aliphatic carbocycles. The van der Waals surface area contributed by atoms with Crippen LogP contribution in [0.5, 0.6) is 0 Å². The molecule has 20 heavy (non-hydrogen) atoms. The number of nitrogens with one attached hydrogen (secondary N) is 1. The molecule has 3 rings (SSSR count). The average molecular weight is 284 g/mol. The highest BCUT2D eigenvalue weighted by Crippen LogP contribution is 2.30. The van der Waals surface area contributed by atoms with E-state index in [1.165, 1.54) is 30.4 Å². The van der Waals surface area contributed by atoms with Crippen LogP contribution < -0.4 is 5.32 Å². The van der Waals surface area contributed by atoms with Crippen LogP contribution in [-0.4, -0.2) is 6.04 Å². The van der Waals surface area contributed by atoms with Gasteiger partial charge in [0, 0.05) is 10.7 Å². The predicted octanol–water partition coefficient (Wildman–Crippen LogP) is 5.39. The number of halogens is 1. The molecule has 0 bridgehead atoms. The van der Waals surface area contributed by atoms with Gasteiger partial charge in [-0.2, -0.15) is 0 Å². The van der Waals surface area contributed by atoms with Gasteiger partial charge < -0.3 is 5.32 Å². The molecule has 2 heteroatoms. The van der Waals surface area contributed by atoms with E-state index in [0.29, 0.717) is 6.04 Å². The third-order valence-corrected chi connectivity index (χ3v) is 3.98. The van der Waals surface area contributed by atoms with Crippen LogP contribution in [0.15, 0.2) is 60.7 Å². The van der Waals surface area contributed by atoms with E-state index in [1.807, 2.05) is 24.3 Å². The summed E-state index contributed by atoms with van der Waals surface area (Å²) in [5, 5.41) is 4.41. The maximum Gasteiger partial charge on any atom is 0.0516 e. The van der Waals surface area contributed by atoms with Crippen molar-refractivity contribution in [2.75, 3.05) is 5.32 Å². The minimum atomic E-state index is 0.382. The Morgan fingerprint density at radius 1 is 0.950 bits per heavy atom. The normalized spacial score (nSPS) is 18.4.